The molecule has 1 amide bonds. The van der Waals surface area contributed by atoms with Gasteiger partial charge in [-0.2, -0.15) is 0 Å². The fourth-order valence-electron chi connectivity index (χ4n) is 2.75. The number of benzene rings is 1. The van der Waals surface area contributed by atoms with Crippen molar-refractivity contribution in [1.82, 2.24) is 4.98 Å². The lowest BCUT2D eigenvalue weighted by molar-refractivity contribution is -0.111. The molecule has 1 aromatic heterocycles. The molecular weight excluding hydrogens is 276 g/mol. The summed E-state index contributed by atoms with van der Waals surface area (Å²) in [5, 5.41) is 4.87. The predicted molar refractivity (Wildman–Crippen MR) is 88.6 cm³/mol. The van der Waals surface area contributed by atoms with Crippen molar-refractivity contribution in [2.75, 3.05) is 23.3 Å². The molecule has 1 aromatic carbocycles. The van der Waals surface area contributed by atoms with Crippen molar-refractivity contribution in [2.24, 2.45) is 5.73 Å². The van der Waals surface area contributed by atoms with E-state index in [1.807, 2.05) is 24.3 Å². The summed E-state index contributed by atoms with van der Waals surface area (Å²) in [6, 6.07) is 7.94. The zero-order valence-electron chi connectivity index (χ0n) is 12.5. The highest BCUT2D eigenvalue weighted by molar-refractivity contribution is 6.05. The smallest absolute Gasteiger partial charge is 0.300 e. The summed E-state index contributed by atoms with van der Waals surface area (Å²) in [5.41, 5.74) is 6.72. The number of nitrogens with zero attached hydrogens (tertiary/aromatic N) is 2. The van der Waals surface area contributed by atoms with E-state index in [2.05, 4.69) is 27.0 Å². The number of nitrogens with two attached hydrogens (primary N) is 1. The maximum absolute atomic E-state index is 11.5. The van der Waals surface area contributed by atoms with Crippen LogP contribution in [0.2, 0.25) is 0 Å². The quantitative estimate of drug-likeness (QED) is 0.828. The summed E-state index contributed by atoms with van der Waals surface area (Å²) in [7, 11) is 0. The van der Waals surface area contributed by atoms with Crippen molar-refractivity contribution in [3.63, 3.8) is 0 Å². The summed E-state index contributed by atoms with van der Waals surface area (Å²) in [4.78, 5) is 18.3. The van der Waals surface area contributed by atoms with E-state index in [9.17, 15) is 4.79 Å². The molecule has 2 aromatic rings. The number of pyridine rings is 1. The van der Waals surface area contributed by atoms with Crippen LogP contribution in [0.25, 0.3) is 10.8 Å². The molecule has 5 heteroatoms. The molecule has 3 N–H and O–H groups in total. The normalized spacial score (nSPS) is 17.2. The summed E-state index contributed by atoms with van der Waals surface area (Å²) in [6.07, 6.45) is 2.78. The number of hydrogen-bond donors (Lipinski definition) is 2. The van der Waals surface area contributed by atoms with Crippen LogP contribution in [0.15, 0.2) is 30.5 Å². The van der Waals surface area contributed by atoms with Crippen molar-refractivity contribution < 1.29 is 4.79 Å². The summed E-state index contributed by atoms with van der Waals surface area (Å²) >= 11 is 0. The van der Waals surface area contributed by atoms with E-state index in [1.54, 1.807) is 13.1 Å². The predicted octanol–water partition coefficient (Wildman–Crippen LogP) is 1.73. The Kier molecular flexibility index (Phi) is 3.94. The van der Waals surface area contributed by atoms with Crippen LogP contribution in [-0.2, 0) is 4.79 Å². The molecule has 22 heavy (non-hydrogen) atoms. The molecule has 0 unspecified atom stereocenters. The van der Waals surface area contributed by atoms with Crippen LogP contribution >= 0.6 is 0 Å². The highest BCUT2D eigenvalue weighted by Crippen LogP contribution is 2.28. The van der Waals surface area contributed by atoms with Gasteiger partial charge in [-0.1, -0.05) is 5.92 Å². The van der Waals surface area contributed by atoms with Crippen molar-refractivity contribution >= 4 is 28.2 Å². The molecule has 0 aliphatic carbocycles. The third kappa shape index (κ3) is 2.87. The lowest BCUT2D eigenvalue weighted by atomic mass is 10.1. The number of nitrogens with one attached hydrogen (secondary N) is 1. The second-order valence-electron chi connectivity index (χ2n) is 5.39. The molecule has 3 rings (SSSR count). The fourth-order valence-corrected chi connectivity index (χ4v) is 2.75. The molecule has 1 aliphatic rings. The van der Waals surface area contributed by atoms with Gasteiger partial charge in [0.2, 0.25) is 0 Å². The minimum absolute atomic E-state index is 0.211. The Morgan fingerprint density at radius 3 is 3.05 bits per heavy atom. The van der Waals surface area contributed by atoms with Crippen LogP contribution < -0.4 is 16.0 Å². The van der Waals surface area contributed by atoms with Crippen molar-refractivity contribution in [2.45, 2.75) is 19.4 Å². The lowest BCUT2D eigenvalue weighted by Gasteiger charge is -2.19. The first kappa shape index (κ1) is 14.4. The van der Waals surface area contributed by atoms with Gasteiger partial charge in [-0.15, -0.1) is 0 Å². The third-order valence-corrected chi connectivity index (χ3v) is 3.76. The number of fused-ring (bicyclic) bond motifs is 1. The fraction of sp³-hybridized carbons (Fsp3) is 0.294. The Balaban J connectivity index is 1.93. The van der Waals surface area contributed by atoms with E-state index in [1.165, 1.54) is 0 Å². The van der Waals surface area contributed by atoms with Crippen LogP contribution in [0.3, 0.4) is 0 Å². The van der Waals surface area contributed by atoms with Crippen molar-refractivity contribution in [1.29, 1.82) is 0 Å². The number of hydrogen-bond acceptors (Lipinski definition) is 4. The van der Waals surface area contributed by atoms with E-state index >= 15 is 0 Å². The summed E-state index contributed by atoms with van der Waals surface area (Å²) in [5.74, 6) is 5.70. The van der Waals surface area contributed by atoms with Crippen LogP contribution in [0.5, 0.6) is 0 Å². The Bertz CT molecular complexity index is 775. The maximum atomic E-state index is 11.5. The Hall–Kier alpha value is -2.58. The van der Waals surface area contributed by atoms with Gasteiger partial charge in [0, 0.05) is 36.4 Å². The number of aromatic nitrogens is 1. The molecule has 1 fully saturated rings. The molecule has 112 valence electrons. The Labute approximate surface area is 129 Å². The van der Waals surface area contributed by atoms with Crippen LogP contribution in [0.1, 0.15) is 13.3 Å². The van der Waals surface area contributed by atoms with Gasteiger partial charge < -0.3 is 16.0 Å². The average molecular weight is 294 g/mol. The second-order valence-corrected chi connectivity index (χ2v) is 5.39. The zero-order valence-corrected chi connectivity index (χ0v) is 12.5. The van der Waals surface area contributed by atoms with E-state index < -0.39 is 0 Å². The number of anilines is 2. The molecule has 0 radical (unpaired) electrons. The first-order valence-electron chi connectivity index (χ1n) is 7.30. The van der Waals surface area contributed by atoms with E-state index in [-0.39, 0.29) is 11.9 Å². The number of carbonyl (C=O) groups is 1. The van der Waals surface area contributed by atoms with Gasteiger partial charge in [-0.25, -0.2) is 4.98 Å². The van der Waals surface area contributed by atoms with Crippen molar-refractivity contribution in [3.8, 4) is 11.8 Å². The third-order valence-electron chi connectivity index (χ3n) is 3.76. The SMILES string of the molecule is CC#CC(=O)Nc1ccc2c(N3CC[C@@H](N)C3)nccc2c1. The lowest BCUT2D eigenvalue weighted by Crippen LogP contribution is -2.26. The largest absolute Gasteiger partial charge is 0.354 e. The minimum Gasteiger partial charge on any atom is -0.354 e. The molecule has 0 saturated carbocycles. The first-order chi connectivity index (χ1) is 10.7. The Morgan fingerprint density at radius 1 is 1.45 bits per heavy atom. The van der Waals surface area contributed by atoms with Crippen molar-refractivity contribution in [3.05, 3.63) is 30.5 Å². The van der Waals surface area contributed by atoms with Crippen LogP contribution in [0.4, 0.5) is 11.5 Å². The number of carbonyl (C=O) groups excluding carboxylic acids is 1. The van der Waals surface area contributed by atoms with E-state index in [0.717, 1.165) is 41.8 Å². The molecule has 5 nitrogen and oxygen atoms in total. The van der Waals surface area contributed by atoms with Gasteiger partial charge >= 0.3 is 0 Å². The molecular formula is C17H18N4O. The van der Waals surface area contributed by atoms with Gasteiger partial charge in [0.05, 0.1) is 0 Å². The van der Waals surface area contributed by atoms with Gasteiger partial charge in [-0.05, 0) is 48.9 Å². The monoisotopic (exact) mass is 294 g/mol. The Morgan fingerprint density at radius 2 is 2.32 bits per heavy atom. The van der Waals surface area contributed by atoms with Crippen LogP contribution in [0, 0.1) is 11.8 Å². The second kappa shape index (κ2) is 6.04. The topological polar surface area (TPSA) is 71.2 Å². The van der Waals surface area contributed by atoms with E-state index in [4.69, 9.17) is 5.73 Å². The molecule has 2 heterocycles. The van der Waals surface area contributed by atoms with Crippen LogP contribution in [-0.4, -0.2) is 30.0 Å². The summed E-state index contributed by atoms with van der Waals surface area (Å²) in [6.45, 7) is 3.40. The maximum Gasteiger partial charge on any atom is 0.300 e. The summed E-state index contributed by atoms with van der Waals surface area (Å²) < 4.78 is 0. The van der Waals surface area contributed by atoms with Gasteiger partial charge in [0.1, 0.15) is 5.82 Å². The van der Waals surface area contributed by atoms with E-state index in [0.29, 0.717) is 0 Å². The van der Waals surface area contributed by atoms with Gasteiger partial charge in [0.15, 0.2) is 0 Å². The standard InChI is InChI=1S/C17H18N4O/c1-2-3-16(22)20-14-4-5-15-12(10-14)6-8-19-17(15)21-9-7-13(18)11-21/h4-6,8,10,13H,7,9,11,18H2,1H3,(H,20,22)/t13-/m1/s1. The first-order valence-corrected chi connectivity index (χ1v) is 7.30. The molecule has 1 aliphatic heterocycles. The molecule has 0 bridgehead atoms. The number of rotatable bonds is 2. The number of amides is 1. The highest BCUT2D eigenvalue weighted by atomic mass is 16.1. The molecule has 1 atom stereocenters. The highest BCUT2D eigenvalue weighted by Gasteiger charge is 2.21. The average Bonchev–Trinajstić information content (AvgIpc) is 2.93. The zero-order chi connectivity index (χ0) is 15.5. The minimum atomic E-state index is -0.304. The van der Waals surface area contributed by atoms with Gasteiger partial charge in [0.25, 0.3) is 5.91 Å². The van der Waals surface area contributed by atoms with Gasteiger partial charge in [-0.3, -0.25) is 4.79 Å². The molecule has 0 spiro atoms. The molecule has 1 saturated heterocycles.